The van der Waals surface area contributed by atoms with Crippen molar-refractivity contribution in [2.75, 3.05) is 0 Å². The largest absolute Gasteiger partial charge is 0.478 e. The van der Waals surface area contributed by atoms with Gasteiger partial charge in [0.15, 0.2) is 0 Å². The molecule has 0 heterocycles. The quantitative estimate of drug-likeness (QED) is 0.487. The molecule has 0 amide bonds. The molecule has 1 N–H and O–H groups in total. The summed E-state index contributed by atoms with van der Waals surface area (Å²) in [6, 6.07) is 0. The molecule has 0 saturated heterocycles. The molecule has 0 saturated carbocycles. The van der Waals surface area contributed by atoms with E-state index < -0.39 is 5.97 Å². The Morgan fingerprint density at radius 2 is 2.27 bits per heavy atom. The maximum Gasteiger partial charge on any atom is 0.328 e. The molecule has 0 rings (SSSR count). The van der Waals surface area contributed by atoms with Crippen molar-refractivity contribution in [3.05, 3.63) is 24.3 Å². The molecule has 0 spiro atoms. The summed E-state index contributed by atoms with van der Waals surface area (Å²) >= 11 is 0. The van der Waals surface area contributed by atoms with E-state index in [4.69, 9.17) is 5.11 Å². The predicted octanol–water partition coefficient (Wildman–Crippen LogP) is 2.37. The van der Waals surface area contributed by atoms with Crippen LogP contribution in [0, 0.1) is 0 Å². The van der Waals surface area contributed by atoms with Crippen LogP contribution in [0.3, 0.4) is 0 Å². The maximum atomic E-state index is 10.2. The summed E-state index contributed by atoms with van der Waals surface area (Å²) in [5.41, 5.74) is 0.970. The summed E-state index contributed by atoms with van der Waals surface area (Å²) in [7, 11) is 0. The lowest BCUT2D eigenvalue weighted by Crippen LogP contribution is -1.91. The third-order valence-corrected chi connectivity index (χ3v) is 1.45. The molecule has 0 aliphatic heterocycles. The van der Waals surface area contributed by atoms with E-state index in [1.54, 1.807) is 6.08 Å². The highest BCUT2D eigenvalue weighted by Gasteiger charge is 1.95. The van der Waals surface area contributed by atoms with E-state index in [0.717, 1.165) is 24.8 Å². The lowest BCUT2D eigenvalue weighted by Gasteiger charge is -1.98. The van der Waals surface area contributed by atoms with Crippen molar-refractivity contribution >= 4 is 5.97 Å². The molecule has 0 aliphatic carbocycles. The Balaban J connectivity index is 3.93. The normalized spacial score (nSPS) is 11.2. The third kappa shape index (κ3) is 5.40. The number of carboxylic acid groups (broad SMARTS) is 1. The standard InChI is InChI=1S/C9H14O2/c1-3-5-6-8(4-2)7-9(10)11/h3,7H,1,4-6H2,2H3,(H,10,11). The Morgan fingerprint density at radius 3 is 2.64 bits per heavy atom. The van der Waals surface area contributed by atoms with Crippen LogP contribution in [-0.4, -0.2) is 11.1 Å². The Kier molecular flexibility index (Phi) is 5.17. The summed E-state index contributed by atoms with van der Waals surface area (Å²) in [5, 5.41) is 8.41. The summed E-state index contributed by atoms with van der Waals surface area (Å²) in [4.78, 5) is 10.2. The van der Waals surface area contributed by atoms with Crippen LogP contribution in [0.1, 0.15) is 26.2 Å². The van der Waals surface area contributed by atoms with Crippen molar-refractivity contribution in [1.29, 1.82) is 0 Å². The van der Waals surface area contributed by atoms with E-state index in [1.165, 1.54) is 6.08 Å². The molecule has 0 radical (unpaired) electrons. The molecule has 0 aliphatic rings. The number of aliphatic carboxylic acids is 1. The smallest absolute Gasteiger partial charge is 0.328 e. The predicted molar refractivity (Wildman–Crippen MR) is 45.4 cm³/mol. The Labute approximate surface area is 67.2 Å². The van der Waals surface area contributed by atoms with Crippen LogP contribution in [0.4, 0.5) is 0 Å². The molecule has 0 atom stereocenters. The van der Waals surface area contributed by atoms with E-state index in [0.29, 0.717) is 0 Å². The fourth-order valence-electron chi connectivity index (χ4n) is 0.813. The summed E-state index contributed by atoms with van der Waals surface area (Å²) in [5.74, 6) is -0.856. The molecular formula is C9H14O2. The minimum absolute atomic E-state index is 0.806. The van der Waals surface area contributed by atoms with Gasteiger partial charge in [0.25, 0.3) is 0 Å². The zero-order valence-electron chi connectivity index (χ0n) is 6.84. The monoisotopic (exact) mass is 154 g/mol. The highest BCUT2D eigenvalue weighted by atomic mass is 16.4. The molecule has 2 heteroatoms. The number of carbonyl (C=O) groups is 1. The van der Waals surface area contributed by atoms with Crippen LogP contribution in [-0.2, 0) is 4.79 Å². The van der Waals surface area contributed by atoms with Crippen molar-refractivity contribution in [1.82, 2.24) is 0 Å². The number of allylic oxidation sites excluding steroid dienone is 2. The first-order valence-electron chi connectivity index (χ1n) is 3.74. The van der Waals surface area contributed by atoms with Crippen molar-refractivity contribution < 1.29 is 9.90 Å². The van der Waals surface area contributed by atoms with Gasteiger partial charge in [0, 0.05) is 6.08 Å². The highest BCUT2D eigenvalue weighted by molar-refractivity contribution is 5.80. The summed E-state index contributed by atoms with van der Waals surface area (Å²) < 4.78 is 0. The van der Waals surface area contributed by atoms with E-state index in [2.05, 4.69) is 6.58 Å². The van der Waals surface area contributed by atoms with Crippen LogP contribution in [0.5, 0.6) is 0 Å². The summed E-state index contributed by atoms with van der Waals surface area (Å²) in [6.07, 6.45) is 5.55. The van der Waals surface area contributed by atoms with Crippen LogP contribution in [0.15, 0.2) is 24.3 Å². The van der Waals surface area contributed by atoms with Crippen LogP contribution < -0.4 is 0 Å². The van der Waals surface area contributed by atoms with Gasteiger partial charge in [0.1, 0.15) is 0 Å². The minimum Gasteiger partial charge on any atom is -0.478 e. The van der Waals surface area contributed by atoms with Gasteiger partial charge >= 0.3 is 5.97 Å². The SMILES string of the molecule is C=CCCC(=CC(=O)O)CC. The molecular weight excluding hydrogens is 140 g/mol. The number of hydrogen-bond acceptors (Lipinski definition) is 1. The molecule has 0 aromatic carbocycles. The Hall–Kier alpha value is -1.05. The van der Waals surface area contributed by atoms with Crippen LogP contribution in [0.25, 0.3) is 0 Å². The maximum absolute atomic E-state index is 10.2. The van der Waals surface area contributed by atoms with Gasteiger partial charge < -0.3 is 5.11 Å². The van der Waals surface area contributed by atoms with E-state index >= 15 is 0 Å². The first-order valence-corrected chi connectivity index (χ1v) is 3.74. The van der Waals surface area contributed by atoms with E-state index in [-0.39, 0.29) is 0 Å². The van der Waals surface area contributed by atoms with Crippen molar-refractivity contribution in [3.8, 4) is 0 Å². The number of rotatable bonds is 5. The first kappa shape index (κ1) is 9.95. The fourth-order valence-corrected chi connectivity index (χ4v) is 0.813. The van der Waals surface area contributed by atoms with Gasteiger partial charge in [0.05, 0.1) is 0 Å². The average Bonchev–Trinajstić information content (AvgIpc) is 1.97. The van der Waals surface area contributed by atoms with Gasteiger partial charge in [-0.2, -0.15) is 0 Å². The fraction of sp³-hybridized carbons (Fsp3) is 0.444. The second-order valence-corrected chi connectivity index (χ2v) is 2.32. The highest BCUT2D eigenvalue weighted by Crippen LogP contribution is 2.08. The summed E-state index contributed by atoms with van der Waals surface area (Å²) in [6.45, 7) is 5.53. The minimum atomic E-state index is -0.856. The van der Waals surface area contributed by atoms with Crippen molar-refractivity contribution in [2.24, 2.45) is 0 Å². The zero-order chi connectivity index (χ0) is 8.69. The first-order chi connectivity index (χ1) is 5.20. The van der Waals surface area contributed by atoms with Gasteiger partial charge in [0.2, 0.25) is 0 Å². The molecule has 0 unspecified atom stereocenters. The molecule has 0 aromatic heterocycles. The molecule has 62 valence electrons. The van der Waals surface area contributed by atoms with Gasteiger partial charge in [-0.05, 0) is 19.3 Å². The topological polar surface area (TPSA) is 37.3 Å². The Bertz CT molecular complexity index is 168. The van der Waals surface area contributed by atoms with Crippen LogP contribution >= 0.6 is 0 Å². The zero-order valence-corrected chi connectivity index (χ0v) is 6.84. The molecule has 0 fully saturated rings. The van der Waals surface area contributed by atoms with Gasteiger partial charge in [-0.1, -0.05) is 18.6 Å². The van der Waals surface area contributed by atoms with E-state index in [9.17, 15) is 4.79 Å². The molecule has 2 nitrogen and oxygen atoms in total. The van der Waals surface area contributed by atoms with Crippen molar-refractivity contribution in [2.45, 2.75) is 26.2 Å². The molecule has 0 aromatic rings. The second-order valence-electron chi connectivity index (χ2n) is 2.32. The van der Waals surface area contributed by atoms with Crippen molar-refractivity contribution in [3.63, 3.8) is 0 Å². The number of carboxylic acids is 1. The van der Waals surface area contributed by atoms with Gasteiger partial charge in [-0.25, -0.2) is 4.79 Å². The van der Waals surface area contributed by atoms with Gasteiger partial charge in [-0.3, -0.25) is 0 Å². The second kappa shape index (κ2) is 5.71. The molecule has 11 heavy (non-hydrogen) atoms. The average molecular weight is 154 g/mol. The molecule has 0 bridgehead atoms. The van der Waals surface area contributed by atoms with Crippen LogP contribution in [0.2, 0.25) is 0 Å². The number of hydrogen-bond donors (Lipinski definition) is 1. The van der Waals surface area contributed by atoms with E-state index in [1.807, 2.05) is 6.92 Å². The lowest BCUT2D eigenvalue weighted by molar-refractivity contribution is -0.131. The lowest BCUT2D eigenvalue weighted by atomic mass is 10.1. The third-order valence-electron chi connectivity index (χ3n) is 1.45. The Morgan fingerprint density at radius 1 is 1.64 bits per heavy atom. The van der Waals surface area contributed by atoms with Gasteiger partial charge in [-0.15, -0.1) is 6.58 Å².